The fourth-order valence-electron chi connectivity index (χ4n) is 1.71. The quantitative estimate of drug-likeness (QED) is 0.398. The van der Waals surface area contributed by atoms with E-state index in [0.29, 0.717) is 10.7 Å². The summed E-state index contributed by atoms with van der Waals surface area (Å²) in [6.07, 6.45) is 3.13. The Morgan fingerprint density at radius 3 is 2.78 bits per heavy atom. The van der Waals surface area contributed by atoms with Gasteiger partial charge in [0.25, 0.3) is 0 Å². The summed E-state index contributed by atoms with van der Waals surface area (Å²) in [6.45, 7) is 0. The molecule has 0 fully saturated rings. The van der Waals surface area contributed by atoms with E-state index in [-0.39, 0.29) is 0 Å². The van der Waals surface area contributed by atoms with Gasteiger partial charge in [0.1, 0.15) is 16.8 Å². The van der Waals surface area contributed by atoms with Gasteiger partial charge in [0.2, 0.25) is 0 Å². The standard InChI is InChI=1S/C12H7N5S/c13-7-18-12-10-6-16-17(11(10)14-8-15-12)9-4-2-1-3-5-9/h1-6,8H. The molecular weight excluding hydrogens is 246 g/mol. The first-order valence-corrected chi connectivity index (χ1v) is 6.02. The number of nitrogens with zero attached hydrogens (tertiary/aromatic N) is 5. The van der Waals surface area contributed by atoms with Crippen molar-refractivity contribution < 1.29 is 0 Å². The Hall–Kier alpha value is -2.39. The van der Waals surface area contributed by atoms with Crippen molar-refractivity contribution >= 4 is 22.8 Å². The Kier molecular flexibility index (Phi) is 2.67. The smallest absolute Gasteiger partial charge is 0.167 e. The summed E-state index contributed by atoms with van der Waals surface area (Å²) in [5.41, 5.74) is 1.63. The number of thioether (sulfide) groups is 1. The highest BCUT2D eigenvalue weighted by Crippen LogP contribution is 2.24. The van der Waals surface area contributed by atoms with Crippen molar-refractivity contribution in [3.8, 4) is 11.1 Å². The first-order valence-electron chi connectivity index (χ1n) is 5.20. The highest BCUT2D eigenvalue weighted by atomic mass is 32.2. The summed E-state index contributed by atoms with van der Waals surface area (Å²) in [4.78, 5) is 8.31. The van der Waals surface area contributed by atoms with Crippen molar-refractivity contribution in [3.63, 3.8) is 0 Å². The van der Waals surface area contributed by atoms with E-state index >= 15 is 0 Å². The average Bonchev–Trinajstić information content (AvgIpc) is 2.85. The second kappa shape index (κ2) is 4.47. The third-order valence-corrected chi connectivity index (χ3v) is 3.08. The van der Waals surface area contributed by atoms with E-state index in [1.807, 2.05) is 35.7 Å². The zero-order valence-electron chi connectivity index (χ0n) is 9.19. The minimum absolute atomic E-state index is 0.629. The van der Waals surface area contributed by atoms with Gasteiger partial charge in [-0.15, -0.1) is 0 Å². The maximum Gasteiger partial charge on any atom is 0.167 e. The Labute approximate surface area is 107 Å². The summed E-state index contributed by atoms with van der Waals surface area (Å²) >= 11 is 1.01. The van der Waals surface area contributed by atoms with Crippen LogP contribution in [0.15, 0.2) is 47.9 Å². The minimum atomic E-state index is 0.629. The van der Waals surface area contributed by atoms with Crippen molar-refractivity contribution in [3.05, 3.63) is 42.9 Å². The van der Waals surface area contributed by atoms with Crippen LogP contribution in [-0.4, -0.2) is 19.7 Å². The van der Waals surface area contributed by atoms with Crippen LogP contribution in [0.3, 0.4) is 0 Å². The van der Waals surface area contributed by atoms with Gasteiger partial charge in [0.05, 0.1) is 17.3 Å². The molecule has 0 radical (unpaired) electrons. The molecule has 0 aliphatic heterocycles. The number of hydrogen-bond donors (Lipinski definition) is 0. The fraction of sp³-hybridized carbons (Fsp3) is 0. The molecule has 86 valence electrons. The van der Waals surface area contributed by atoms with E-state index in [1.165, 1.54) is 6.33 Å². The number of hydrogen-bond acceptors (Lipinski definition) is 5. The topological polar surface area (TPSA) is 67.4 Å². The molecule has 3 rings (SSSR count). The lowest BCUT2D eigenvalue weighted by atomic mass is 10.3. The van der Waals surface area contributed by atoms with Crippen molar-refractivity contribution in [2.24, 2.45) is 0 Å². The first-order chi connectivity index (χ1) is 8.90. The number of para-hydroxylation sites is 1. The molecule has 0 unspecified atom stereocenters. The second-order valence-corrected chi connectivity index (χ2v) is 4.27. The van der Waals surface area contributed by atoms with Crippen LogP contribution in [0.1, 0.15) is 0 Å². The highest BCUT2D eigenvalue weighted by molar-refractivity contribution is 8.03. The lowest BCUT2D eigenvalue weighted by molar-refractivity contribution is 0.893. The summed E-state index contributed by atoms with van der Waals surface area (Å²) in [7, 11) is 0. The molecule has 5 nitrogen and oxygen atoms in total. The molecule has 18 heavy (non-hydrogen) atoms. The van der Waals surface area contributed by atoms with Crippen LogP contribution in [0.5, 0.6) is 0 Å². The zero-order chi connectivity index (χ0) is 12.4. The largest absolute Gasteiger partial charge is 0.228 e. The van der Waals surface area contributed by atoms with E-state index in [9.17, 15) is 0 Å². The second-order valence-electron chi connectivity index (χ2n) is 3.50. The van der Waals surface area contributed by atoms with Crippen LogP contribution < -0.4 is 0 Å². The summed E-state index contributed by atoms with van der Waals surface area (Å²) in [6, 6.07) is 9.72. The molecule has 1 aromatic carbocycles. The van der Waals surface area contributed by atoms with Crippen LogP contribution in [0, 0.1) is 10.7 Å². The number of nitriles is 1. The molecule has 0 amide bonds. The Morgan fingerprint density at radius 1 is 1.17 bits per heavy atom. The van der Waals surface area contributed by atoms with Gasteiger partial charge in [-0.05, 0) is 12.1 Å². The van der Waals surface area contributed by atoms with Gasteiger partial charge in [0.15, 0.2) is 5.65 Å². The molecule has 0 aliphatic carbocycles. The average molecular weight is 253 g/mol. The maximum absolute atomic E-state index is 8.73. The van der Waals surface area contributed by atoms with Crippen LogP contribution in [0.2, 0.25) is 0 Å². The van der Waals surface area contributed by atoms with E-state index in [0.717, 1.165) is 22.8 Å². The van der Waals surface area contributed by atoms with Crippen LogP contribution in [0.4, 0.5) is 0 Å². The normalized spacial score (nSPS) is 10.4. The van der Waals surface area contributed by atoms with Crippen LogP contribution in [0.25, 0.3) is 16.7 Å². The Balaban J connectivity index is 2.22. The first kappa shape index (κ1) is 10.7. The summed E-state index contributed by atoms with van der Waals surface area (Å²) in [5.74, 6) is 0. The van der Waals surface area contributed by atoms with Crippen LogP contribution in [-0.2, 0) is 0 Å². The third kappa shape index (κ3) is 1.71. The molecule has 0 atom stereocenters. The van der Waals surface area contributed by atoms with E-state index in [4.69, 9.17) is 5.26 Å². The molecule has 0 aliphatic rings. The van der Waals surface area contributed by atoms with Gasteiger partial charge in [-0.3, -0.25) is 0 Å². The van der Waals surface area contributed by atoms with E-state index in [1.54, 1.807) is 10.9 Å². The van der Waals surface area contributed by atoms with Gasteiger partial charge in [-0.2, -0.15) is 10.4 Å². The van der Waals surface area contributed by atoms with Crippen molar-refractivity contribution in [1.82, 2.24) is 19.7 Å². The molecule has 2 heterocycles. The molecule has 0 bridgehead atoms. The zero-order valence-corrected chi connectivity index (χ0v) is 10.0. The fourth-order valence-corrected chi connectivity index (χ4v) is 2.15. The van der Waals surface area contributed by atoms with Gasteiger partial charge >= 0.3 is 0 Å². The highest BCUT2D eigenvalue weighted by Gasteiger charge is 2.10. The Bertz CT molecular complexity index is 729. The predicted octanol–water partition coefficient (Wildman–Crippen LogP) is 2.39. The number of benzene rings is 1. The maximum atomic E-state index is 8.73. The predicted molar refractivity (Wildman–Crippen MR) is 68.1 cm³/mol. The monoisotopic (exact) mass is 253 g/mol. The summed E-state index contributed by atoms with van der Waals surface area (Å²) < 4.78 is 1.73. The molecule has 6 heteroatoms. The van der Waals surface area contributed by atoms with Crippen molar-refractivity contribution in [2.45, 2.75) is 5.03 Å². The van der Waals surface area contributed by atoms with Gasteiger partial charge < -0.3 is 0 Å². The molecule has 0 spiro atoms. The minimum Gasteiger partial charge on any atom is -0.228 e. The SMILES string of the molecule is N#CSc1ncnc2c1cnn2-c1ccccc1. The number of aromatic nitrogens is 4. The molecule has 0 saturated heterocycles. The van der Waals surface area contributed by atoms with Crippen LogP contribution >= 0.6 is 11.8 Å². The molecule has 2 aromatic heterocycles. The molecule has 0 saturated carbocycles. The van der Waals surface area contributed by atoms with Gasteiger partial charge in [-0.1, -0.05) is 18.2 Å². The van der Waals surface area contributed by atoms with E-state index < -0.39 is 0 Å². The molecule has 0 N–H and O–H groups in total. The van der Waals surface area contributed by atoms with E-state index in [2.05, 4.69) is 15.1 Å². The van der Waals surface area contributed by atoms with Crippen molar-refractivity contribution in [2.75, 3.05) is 0 Å². The van der Waals surface area contributed by atoms with Gasteiger partial charge in [-0.25, -0.2) is 14.6 Å². The third-order valence-electron chi connectivity index (χ3n) is 2.47. The number of fused-ring (bicyclic) bond motifs is 1. The lowest BCUT2D eigenvalue weighted by Crippen LogP contribution is -1.97. The molecule has 3 aromatic rings. The van der Waals surface area contributed by atoms with Gasteiger partial charge in [0, 0.05) is 11.8 Å². The lowest BCUT2D eigenvalue weighted by Gasteiger charge is -2.01. The molecular formula is C12H7N5S. The number of rotatable bonds is 2. The summed E-state index contributed by atoms with van der Waals surface area (Å²) in [5, 5.41) is 16.5. The Morgan fingerprint density at radius 2 is 2.00 bits per heavy atom. The number of thiocyanates is 1. The van der Waals surface area contributed by atoms with Crippen molar-refractivity contribution in [1.29, 1.82) is 5.26 Å².